The maximum Gasteiger partial charge on any atom is 0.264 e. The Morgan fingerprint density at radius 3 is 2.24 bits per heavy atom. The van der Waals surface area contributed by atoms with Gasteiger partial charge in [-0.1, -0.05) is 15.9 Å². The molecule has 0 bridgehead atoms. The molecule has 3 nitrogen and oxygen atoms in total. The Morgan fingerprint density at radius 2 is 1.71 bits per heavy atom. The van der Waals surface area contributed by atoms with E-state index in [9.17, 15) is 8.42 Å². The SMILES string of the molecule is CSc1ccc(S(=O)(=O)N(C)c2ccc(Br)c(C)c2)cc1. The van der Waals surface area contributed by atoms with Gasteiger partial charge in [0.25, 0.3) is 10.0 Å². The minimum atomic E-state index is -3.54. The van der Waals surface area contributed by atoms with E-state index < -0.39 is 10.0 Å². The fraction of sp³-hybridized carbons (Fsp3) is 0.200. The highest BCUT2D eigenvalue weighted by Gasteiger charge is 2.21. The van der Waals surface area contributed by atoms with Crippen molar-refractivity contribution in [2.45, 2.75) is 16.7 Å². The summed E-state index contributed by atoms with van der Waals surface area (Å²) in [6.45, 7) is 1.93. The van der Waals surface area contributed by atoms with Gasteiger partial charge >= 0.3 is 0 Å². The van der Waals surface area contributed by atoms with Gasteiger partial charge in [-0.2, -0.15) is 0 Å². The lowest BCUT2D eigenvalue weighted by Crippen LogP contribution is -2.26. The van der Waals surface area contributed by atoms with Crippen LogP contribution in [0.5, 0.6) is 0 Å². The normalized spacial score (nSPS) is 11.4. The van der Waals surface area contributed by atoms with Crippen molar-refractivity contribution < 1.29 is 8.42 Å². The first-order chi connectivity index (χ1) is 9.86. The number of hydrogen-bond donors (Lipinski definition) is 0. The molecule has 0 aromatic heterocycles. The first-order valence-corrected chi connectivity index (χ1v) is 9.71. The molecular formula is C15H16BrNO2S2. The molecule has 0 spiro atoms. The summed E-state index contributed by atoms with van der Waals surface area (Å²) in [4.78, 5) is 1.33. The zero-order valence-corrected chi connectivity index (χ0v) is 15.2. The molecule has 2 aromatic rings. The van der Waals surface area contributed by atoms with Gasteiger partial charge in [-0.25, -0.2) is 8.42 Å². The summed E-state index contributed by atoms with van der Waals surface area (Å²) in [5.41, 5.74) is 1.64. The van der Waals surface area contributed by atoms with Crippen molar-refractivity contribution in [1.82, 2.24) is 0 Å². The third kappa shape index (κ3) is 3.44. The highest BCUT2D eigenvalue weighted by molar-refractivity contribution is 9.10. The zero-order chi connectivity index (χ0) is 15.6. The van der Waals surface area contributed by atoms with Gasteiger partial charge in [0.15, 0.2) is 0 Å². The van der Waals surface area contributed by atoms with Gasteiger partial charge in [-0.3, -0.25) is 4.31 Å². The van der Waals surface area contributed by atoms with Crippen LogP contribution in [0.1, 0.15) is 5.56 Å². The van der Waals surface area contributed by atoms with Crippen LogP contribution in [0.2, 0.25) is 0 Å². The maximum absolute atomic E-state index is 12.6. The average Bonchev–Trinajstić information content (AvgIpc) is 2.49. The number of thioether (sulfide) groups is 1. The third-order valence-corrected chi connectivity index (χ3v) is 6.66. The van der Waals surface area contributed by atoms with E-state index >= 15 is 0 Å². The Kier molecular flexibility index (Phi) is 5.01. The van der Waals surface area contributed by atoms with E-state index in [2.05, 4.69) is 15.9 Å². The van der Waals surface area contributed by atoms with E-state index in [1.165, 1.54) is 4.31 Å². The maximum atomic E-state index is 12.6. The van der Waals surface area contributed by atoms with Crippen LogP contribution in [0.15, 0.2) is 56.7 Å². The number of hydrogen-bond acceptors (Lipinski definition) is 3. The van der Waals surface area contributed by atoms with Crippen molar-refractivity contribution in [2.24, 2.45) is 0 Å². The van der Waals surface area contributed by atoms with Gasteiger partial charge in [-0.05, 0) is 61.2 Å². The van der Waals surface area contributed by atoms with Crippen molar-refractivity contribution >= 4 is 43.4 Å². The molecule has 0 N–H and O–H groups in total. The predicted octanol–water partition coefficient (Wildman–Crippen LogP) is 4.30. The lowest BCUT2D eigenvalue weighted by molar-refractivity contribution is 0.594. The first-order valence-electron chi connectivity index (χ1n) is 6.25. The largest absolute Gasteiger partial charge is 0.269 e. The number of aryl methyl sites for hydroxylation is 1. The van der Waals surface area contributed by atoms with Crippen LogP contribution < -0.4 is 4.31 Å². The van der Waals surface area contributed by atoms with Gasteiger partial charge in [0.2, 0.25) is 0 Å². The Labute approximate surface area is 138 Å². The Bertz CT molecular complexity index is 743. The van der Waals surface area contributed by atoms with Gasteiger partial charge < -0.3 is 0 Å². The molecule has 6 heteroatoms. The molecule has 0 saturated heterocycles. The van der Waals surface area contributed by atoms with Gasteiger partial charge in [0, 0.05) is 16.4 Å². The Balaban J connectivity index is 2.39. The second-order valence-electron chi connectivity index (χ2n) is 4.58. The highest BCUT2D eigenvalue weighted by atomic mass is 79.9. The predicted molar refractivity (Wildman–Crippen MR) is 92.7 cm³/mol. The summed E-state index contributed by atoms with van der Waals surface area (Å²) in [5.74, 6) is 0. The van der Waals surface area contributed by atoms with Crippen molar-refractivity contribution in [2.75, 3.05) is 17.6 Å². The Morgan fingerprint density at radius 1 is 1.10 bits per heavy atom. The fourth-order valence-corrected chi connectivity index (χ4v) is 3.71. The lowest BCUT2D eigenvalue weighted by atomic mass is 10.2. The van der Waals surface area contributed by atoms with E-state index in [-0.39, 0.29) is 0 Å². The smallest absolute Gasteiger partial charge is 0.264 e. The van der Waals surface area contributed by atoms with Gasteiger partial charge in [0.05, 0.1) is 10.6 Å². The summed E-state index contributed by atoms with van der Waals surface area (Å²) < 4.78 is 27.5. The number of halogens is 1. The molecule has 0 aliphatic heterocycles. The first kappa shape index (κ1) is 16.4. The molecule has 0 amide bonds. The van der Waals surface area contributed by atoms with Crippen LogP contribution in [0.4, 0.5) is 5.69 Å². The number of nitrogens with zero attached hydrogens (tertiary/aromatic N) is 1. The zero-order valence-electron chi connectivity index (χ0n) is 12.0. The molecule has 0 unspecified atom stereocenters. The van der Waals surface area contributed by atoms with Crippen molar-refractivity contribution in [3.05, 3.63) is 52.5 Å². The van der Waals surface area contributed by atoms with Crippen molar-refractivity contribution in [3.63, 3.8) is 0 Å². The Hall–Kier alpha value is -0.980. The summed E-state index contributed by atoms with van der Waals surface area (Å²) in [5, 5.41) is 0. The molecule has 0 heterocycles. The second kappa shape index (κ2) is 6.42. The molecule has 21 heavy (non-hydrogen) atoms. The van der Waals surface area contributed by atoms with E-state index in [1.54, 1.807) is 37.0 Å². The molecule has 2 rings (SSSR count). The van der Waals surface area contributed by atoms with E-state index in [1.807, 2.05) is 37.4 Å². The van der Waals surface area contributed by atoms with Crippen LogP contribution in [-0.2, 0) is 10.0 Å². The molecular weight excluding hydrogens is 370 g/mol. The quantitative estimate of drug-likeness (QED) is 0.735. The molecule has 0 fully saturated rings. The average molecular weight is 386 g/mol. The molecule has 0 radical (unpaired) electrons. The summed E-state index contributed by atoms with van der Waals surface area (Å²) in [6.07, 6.45) is 1.96. The highest BCUT2D eigenvalue weighted by Crippen LogP contribution is 2.27. The van der Waals surface area contributed by atoms with Gasteiger partial charge in [0.1, 0.15) is 0 Å². The van der Waals surface area contributed by atoms with Gasteiger partial charge in [-0.15, -0.1) is 11.8 Å². The minimum Gasteiger partial charge on any atom is -0.269 e. The number of sulfonamides is 1. The molecule has 0 atom stereocenters. The van der Waals surface area contributed by atoms with E-state index in [4.69, 9.17) is 0 Å². The number of rotatable bonds is 4. The van der Waals surface area contributed by atoms with Crippen LogP contribution in [-0.4, -0.2) is 21.7 Å². The van der Waals surface area contributed by atoms with Crippen molar-refractivity contribution in [3.8, 4) is 0 Å². The van der Waals surface area contributed by atoms with Crippen LogP contribution in [0, 0.1) is 6.92 Å². The van der Waals surface area contributed by atoms with E-state index in [0.29, 0.717) is 10.6 Å². The van der Waals surface area contributed by atoms with Crippen molar-refractivity contribution in [1.29, 1.82) is 0 Å². The minimum absolute atomic E-state index is 0.295. The fourth-order valence-electron chi connectivity index (χ4n) is 1.87. The third-order valence-electron chi connectivity index (χ3n) is 3.22. The summed E-state index contributed by atoms with van der Waals surface area (Å²) in [6, 6.07) is 12.4. The standard InChI is InChI=1S/C15H16BrNO2S2/c1-11-10-12(4-9-15(11)16)17(2)21(18,19)14-7-5-13(20-3)6-8-14/h4-10H,1-3H3. The molecule has 112 valence electrons. The van der Waals surface area contributed by atoms with Crippen LogP contribution in [0.25, 0.3) is 0 Å². The molecule has 0 aliphatic carbocycles. The lowest BCUT2D eigenvalue weighted by Gasteiger charge is -2.20. The topological polar surface area (TPSA) is 37.4 Å². The summed E-state index contributed by atoms with van der Waals surface area (Å²) in [7, 11) is -1.97. The monoisotopic (exact) mass is 385 g/mol. The molecule has 0 aliphatic rings. The number of benzene rings is 2. The number of anilines is 1. The molecule has 0 saturated carbocycles. The summed E-state index contributed by atoms with van der Waals surface area (Å²) >= 11 is 5.00. The van der Waals surface area contributed by atoms with Crippen LogP contribution >= 0.6 is 27.7 Å². The molecule has 2 aromatic carbocycles. The van der Waals surface area contributed by atoms with E-state index in [0.717, 1.165) is 14.9 Å². The second-order valence-corrected chi connectivity index (χ2v) is 8.28. The van der Waals surface area contributed by atoms with Crippen LogP contribution in [0.3, 0.4) is 0 Å².